The normalized spacial score (nSPS) is 11.0. The van der Waals surface area contributed by atoms with E-state index in [0.717, 1.165) is 10.9 Å². The number of hydrogen-bond donors (Lipinski definition) is 0. The molecule has 0 saturated heterocycles. The lowest BCUT2D eigenvalue weighted by molar-refractivity contribution is 0.364. The second-order valence-electron chi connectivity index (χ2n) is 4.55. The molecule has 0 unspecified atom stereocenters. The Labute approximate surface area is 122 Å². The van der Waals surface area contributed by atoms with E-state index < -0.39 is 5.63 Å². The predicted molar refractivity (Wildman–Crippen MR) is 83.5 cm³/mol. The van der Waals surface area contributed by atoms with Crippen LogP contribution in [0.25, 0.3) is 17.0 Å². The van der Waals surface area contributed by atoms with Crippen molar-refractivity contribution in [1.82, 2.24) is 0 Å². The molecule has 3 rings (SSSR count). The van der Waals surface area contributed by atoms with Crippen LogP contribution in [-0.4, -0.2) is 6.61 Å². The summed E-state index contributed by atoms with van der Waals surface area (Å²) < 4.78 is 10.8. The van der Waals surface area contributed by atoms with Crippen LogP contribution >= 0.6 is 0 Å². The maximum Gasteiger partial charge on any atom is 0.339 e. The first-order valence-electron chi connectivity index (χ1n) is 6.70. The van der Waals surface area contributed by atoms with Crippen LogP contribution in [0.5, 0.6) is 5.75 Å². The van der Waals surface area contributed by atoms with Crippen molar-refractivity contribution in [2.24, 2.45) is 0 Å². The van der Waals surface area contributed by atoms with E-state index in [0.29, 0.717) is 17.9 Å². The van der Waals surface area contributed by atoms with Crippen LogP contribution in [0.2, 0.25) is 0 Å². The summed E-state index contributed by atoms with van der Waals surface area (Å²) in [7, 11) is 0. The maximum atomic E-state index is 11.5. The minimum absolute atomic E-state index is 0.391. The van der Waals surface area contributed by atoms with E-state index in [1.54, 1.807) is 6.07 Å². The molecule has 0 aliphatic carbocycles. The van der Waals surface area contributed by atoms with Gasteiger partial charge in [0.05, 0.1) is 11.5 Å². The van der Waals surface area contributed by atoms with Crippen LogP contribution in [-0.2, 0) is 0 Å². The van der Waals surface area contributed by atoms with Gasteiger partial charge in [-0.1, -0.05) is 48.5 Å². The molecule has 3 heteroatoms. The van der Waals surface area contributed by atoms with Gasteiger partial charge in [0.25, 0.3) is 0 Å². The Morgan fingerprint density at radius 2 is 1.76 bits per heavy atom. The fourth-order valence-corrected chi connectivity index (χ4v) is 2.09. The number of hydrogen-bond acceptors (Lipinski definition) is 3. The lowest BCUT2D eigenvalue weighted by atomic mass is 10.2. The highest BCUT2D eigenvalue weighted by Gasteiger charge is 2.04. The van der Waals surface area contributed by atoms with Crippen molar-refractivity contribution < 1.29 is 9.15 Å². The first kappa shape index (κ1) is 13.2. The fourth-order valence-electron chi connectivity index (χ4n) is 2.09. The lowest BCUT2D eigenvalue weighted by Gasteiger charge is -2.05. The summed E-state index contributed by atoms with van der Waals surface area (Å²) in [5, 5.41) is 0.796. The monoisotopic (exact) mass is 278 g/mol. The zero-order valence-electron chi connectivity index (χ0n) is 11.4. The molecular weight excluding hydrogens is 264 g/mol. The summed E-state index contributed by atoms with van der Waals surface area (Å²) in [6.07, 6.45) is 3.90. The molecule has 0 aliphatic rings. The minimum Gasteiger partial charge on any atom is -0.488 e. The van der Waals surface area contributed by atoms with Crippen molar-refractivity contribution in [3.8, 4) is 5.75 Å². The molecule has 3 aromatic rings. The Kier molecular flexibility index (Phi) is 3.83. The second kappa shape index (κ2) is 6.09. The van der Waals surface area contributed by atoms with Gasteiger partial charge in [0.2, 0.25) is 0 Å². The number of benzene rings is 2. The molecule has 1 aromatic heterocycles. The Morgan fingerprint density at radius 1 is 1.00 bits per heavy atom. The van der Waals surface area contributed by atoms with Crippen molar-refractivity contribution in [3.05, 3.63) is 82.7 Å². The number of para-hydroxylation sites is 1. The van der Waals surface area contributed by atoms with Crippen molar-refractivity contribution >= 4 is 17.0 Å². The molecule has 0 aliphatic heterocycles. The van der Waals surface area contributed by atoms with Crippen molar-refractivity contribution in [1.29, 1.82) is 0 Å². The molecule has 1 heterocycles. The third-order valence-electron chi connectivity index (χ3n) is 3.06. The van der Waals surface area contributed by atoms with E-state index in [2.05, 4.69) is 0 Å². The number of rotatable bonds is 4. The van der Waals surface area contributed by atoms with E-state index in [4.69, 9.17) is 9.15 Å². The van der Waals surface area contributed by atoms with Gasteiger partial charge >= 0.3 is 5.63 Å². The molecule has 0 saturated carbocycles. The molecule has 0 amide bonds. The average Bonchev–Trinajstić information content (AvgIpc) is 2.52. The molecule has 104 valence electrons. The standard InChI is InChI=1S/C18H14O3/c19-18-13-17(15-10-4-5-11-16(15)21-18)20-12-6-9-14-7-2-1-3-8-14/h1-11,13H,12H2. The largest absolute Gasteiger partial charge is 0.488 e. The molecule has 0 N–H and O–H groups in total. The molecule has 21 heavy (non-hydrogen) atoms. The zero-order chi connectivity index (χ0) is 14.5. The van der Waals surface area contributed by atoms with Crippen LogP contribution in [0.4, 0.5) is 0 Å². The predicted octanol–water partition coefficient (Wildman–Crippen LogP) is 3.89. The molecule has 3 nitrogen and oxygen atoms in total. The number of fused-ring (bicyclic) bond motifs is 1. The van der Waals surface area contributed by atoms with Crippen molar-refractivity contribution in [2.45, 2.75) is 0 Å². The first-order chi connectivity index (χ1) is 10.3. The quantitative estimate of drug-likeness (QED) is 0.680. The van der Waals surface area contributed by atoms with Gasteiger partial charge in [0.15, 0.2) is 0 Å². The third-order valence-corrected chi connectivity index (χ3v) is 3.06. The summed E-state index contributed by atoms with van der Waals surface area (Å²) >= 11 is 0. The molecule has 0 spiro atoms. The van der Waals surface area contributed by atoms with Gasteiger partial charge in [-0.3, -0.25) is 0 Å². The van der Waals surface area contributed by atoms with Crippen molar-refractivity contribution in [3.63, 3.8) is 0 Å². The van der Waals surface area contributed by atoms with E-state index in [9.17, 15) is 4.79 Å². The Bertz CT molecular complexity index is 816. The third kappa shape index (κ3) is 3.20. The van der Waals surface area contributed by atoms with Crippen LogP contribution in [0, 0.1) is 0 Å². The van der Waals surface area contributed by atoms with Gasteiger partial charge < -0.3 is 9.15 Å². The SMILES string of the molecule is O=c1cc(OCC=Cc2ccccc2)c2ccccc2o1. The van der Waals surface area contributed by atoms with Gasteiger partial charge in [-0.15, -0.1) is 0 Å². The summed E-state index contributed by atoms with van der Waals surface area (Å²) in [6.45, 7) is 0.391. The van der Waals surface area contributed by atoms with E-state index >= 15 is 0 Å². The summed E-state index contributed by atoms with van der Waals surface area (Å²) in [5.41, 5.74) is 1.24. The molecule has 0 radical (unpaired) electrons. The molecule has 2 aromatic carbocycles. The summed E-state index contributed by atoms with van der Waals surface area (Å²) in [4.78, 5) is 11.5. The Balaban J connectivity index is 1.77. The van der Waals surface area contributed by atoms with Gasteiger partial charge in [-0.2, -0.15) is 0 Å². The lowest BCUT2D eigenvalue weighted by Crippen LogP contribution is -2.01. The maximum absolute atomic E-state index is 11.5. The van der Waals surface area contributed by atoms with Crippen molar-refractivity contribution in [2.75, 3.05) is 6.61 Å². The van der Waals surface area contributed by atoms with Gasteiger partial charge in [0, 0.05) is 0 Å². The first-order valence-corrected chi connectivity index (χ1v) is 6.70. The number of ether oxygens (including phenoxy) is 1. The van der Waals surface area contributed by atoms with E-state index in [-0.39, 0.29) is 0 Å². The molecule has 0 bridgehead atoms. The van der Waals surface area contributed by atoms with E-state index in [1.165, 1.54) is 6.07 Å². The molecule has 0 atom stereocenters. The highest BCUT2D eigenvalue weighted by atomic mass is 16.5. The van der Waals surface area contributed by atoms with Gasteiger partial charge in [0.1, 0.15) is 17.9 Å². The summed E-state index contributed by atoms with van der Waals surface area (Å²) in [5.74, 6) is 0.541. The smallest absolute Gasteiger partial charge is 0.339 e. The van der Waals surface area contributed by atoms with E-state index in [1.807, 2.05) is 60.7 Å². The molecule has 0 fully saturated rings. The highest BCUT2D eigenvalue weighted by molar-refractivity contribution is 5.82. The molecular formula is C18H14O3. The van der Waals surface area contributed by atoms with Gasteiger partial charge in [-0.05, 0) is 23.8 Å². The highest BCUT2D eigenvalue weighted by Crippen LogP contribution is 2.23. The second-order valence-corrected chi connectivity index (χ2v) is 4.55. The van der Waals surface area contributed by atoms with Crippen LogP contribution in [0.1, 0.15) is 5.56 Å². The Morgan fingerprint density at radius 3 is 2.62 bits per heavy atom. The van der Waals surface area contributed by atoms with Gasteiger partial charge in [-0.25, -0.2) is 4.79 Å². The Hall–Kier alpha value is -2.81. The fraction of sp³-hybridized carbons (Fsp3) is 0.0556. The van der Waals surface area contributed by atoms with Crippen LogP contribution in [0.3, 0.4) is 0 Å². The zero-order valence-corrected chi connectivity index (χ0v) is 11.4. The van der Waals surface area contributed by atoms with Crippen LogP contribution in [0.15, 0.2) is 76.0 Å². The van der Waals surface area contributed by atoms with Crippen LogP contribution < -0.4 is 10.4 Å². The minimum atomic E-state index is -0.407. The summed E-state index contributed by atoms with van der Waals surface area (Å²) in [6, 6.07) is 18.7. The topological polar surface area (TPSA) is 39.4 Å². The average molecular weight is 278 g/mol.